The molecule has 3 fully saturated rings. The molecule has 1 aliphatic carbocycles. The van der Waals surface area contributed by atoms with Crippen molar-refractivity contribution in [2.24, 2.45) is 23.5 Å². The molecule has 0 aromatic carbocycles. The van der Waals surface area contributed by atoms with Crippen molar-refractivity contribution in [3.05, 3.63) is 36.2 Å². The smallest absolute Gasteiger partial charge is 0.381 e. The molecule has 2 aliphatic heterocycles. The van der Waals surface area contributed by atoms with E-state index in [2.05, 4.69) is 20.1 Å². The lowest BCUT2D eigenvalue weighted by atomic mass is 9.85. The molecule has 0 radical (unpaired) electrons. The highest BCUT2D eigenvalue weighted by Gasteiger charge is 2.47. The van der Waals surface area contributed by atoms with Crippen LogP contribution in [-0.2, 0) is 10.9 Å². The standard InChI is InChI=1S/C23H28F3N5O/c24-23(25,26)22-17(2-1-7-28-22)19-3-4-21(30-29-19)31-13-15-11-16(27)12-18(15)20(31)10-14-5-8-32-9-6-14/h1-4,7,14-16,18,20H,5-6,8-13,27H2/t15-,16+,18+,20+/m1/s1. The van der Waals surface area contributed by atoms with E-state index in [0.29, 0.717) is 23.8 Å². The first-order valence-electron chi connectivity index (χ1n) is 11.4. The van der Waals surface area contributed by atoms with E-state index >= 15 is 0 Å². The fourth-order valence-electron chi connectivity index (χ4n) is 5.85. The number of hydrogen-bond donors (Lipinski definition) is 1. The van der Waals surface area contributed by atoms with Gasteiger partial charge in [-0.1, -0.05) is 0 Å². The van der Waals surface area contributed by atoms with Gasteiger partial charge in [-0.05, 0) is 74.1 Å². The fraction of sp³-hybridized carbons (Fsp3) is 0.609. The topological polar surface area (TPSA) is 77.2 Å². The number of halogens is 3. The lowest BCUT2D eigenvalue weighted by molar-refractivity contribution is -0.140. The zero-order valence-electron chi connectivity index (χ0n) is 17.8. The Morgan fingerprint density at radius 2 is 1.91 bits per heavy atom. The van der Waals surface area contributed by atoms with Gasteiger partial charge in [0.1, 0.15) is 0 Å². The van der Waals surface area contributed by atoms with Gasteiger partial charge in [0.2, 0.25) is 0 Å². The number of anilines is 1. The van der Waals surface area contributed by atoms with Crippen LogP contribution >= 0.6 is 0 Å². The number of nitrogens with zero attached hydrogens (tertiary/aromatic N) is 4. The lowest BCUT2D eigenvalue weighted by Gasteiger charge is -2.33. The summed E-state index contributed by atoms with van der Waals surface area (Å²) >= 11 is 0. The maximum Gasteiger partial charge on any atom is 0.434 e. The van der Waals surface area contributed by atoms with Gasteiger partial charge in [-0.2, -0.15) is 13.2 Å². The van der Waals surface area contributed by atoms with Gasteiger partial charge in [-0.3, -0.25) is 4.98 Å². The number of alkyl halides is 3. The predicted molar refractivity (Wildman–Crippen MR) is 114 cm³/mol. The second-order valence-corrected chi connectivity index (χ2v) is 9.34. The van der Waals surface area contributed by atoms with Crippen molar-refractivity contribution in [2.45, 2.75) is 50.4 Å². The summed E-state index contributed by atoms with van der Waals surface area (Å²) in [6, 6.07) is 6.88. The minimum Gasteiger partial charge on any atom is -0.381 e. The van der Waals surface area contributed by atoms with Crippen molar-refractivity contribution in [2.75, 3.05) is 24.7 Å². The van der Waals surface area contributed by atoms with Crippen LogP contribution in [0.25, 0.3) is 11.3 Å². The normalized spacial score (nSPS) is 28.8. The Kier molecular flexibility index (Phi) is 5.79. The average molecular weight is 448 g/mol. The van der Waals surface area contributed by atoms with Crippen LogP contribution in [0.5, 0.6) is 0 Å². The molecule has 2 aromatic heterocycles. The Morgan fingerprint density at radius 3 is 2.62 bits per heavy atom. The highest BCUT2D eigenvalue weighted by molar-refractivity contribution is 5.63. The van der Waals surface area contributed by atoms with Gasteiger partial charge in [0.15, 0.2) is 11.5 Å². The van der Waals surface area contributed by atoms with Crippen molar-refractivity contribution in [1.29, 1.82) is 0 Å². The molecule has 0 bridgehead atoms. The maximum atomic E-state index is 13.4. The zero-order valence-corrected chi connectivity index (χ0v) is 17.8. The Labute approximate surface area is 185 Å². The van der Waals surface area contributed by atoms with Crippen molar-refractivity contribution < 1.29 is 17.9 Å². The van der Waals surface area contributed by atoms with E-state index in [-0.39, 0.29) is 17.3 Å². The van der Waals surface area contributed by atoms with Crippen LogP contribution in [0.1, 0.15) is 37.8 Å². The van der Waals surface area contributed by atoms with Crippen LogP contribution in [0, 0.1) is 17.8 Å². The summed E-state index contributed by atoms with van der Waals surface area (Å²) in [7, 11) is 0. The molecule has 5 rings (SSSR count). The summed E-state index contributed by atoms with van der Waals surface area (Å²) in [6.07, 6.45) is 1.84. The van der Waals surface area contributed by atoms with Gasteiger partial charge in [-0.25, -0.2) is 0 Å². The van der Waals surface area contributed by atoms with Gasteiger partial charge in [0.25, 0.3) is 0 Å². The Hall–Kier alpha value is -2.26. The number of pyridine rings is 1. The summed E-state index contributed by atoms with van der Waals surface area (Å²) in [6.45, 7) is 2.50. The maximum absolute atomic E-state index is 13.4. The molecule has 2 aromatic rings. The van der Waals surface area contributed by atoms with Gasteiger partial charge < -0.3 is 15.4 Å². The summed E-state index contributed by atoms with van der Waals surface area (Å²) in [5.74, 6) is 2.41. The highest BCUT2D eigenvalue weighted by atomic mass is 19.4. The fourth-order valence-corrected chi connectivity index (χ4v) is 5.85. The summed E-state index contributed by atoms with van der Waals surface area (Å²) in [5, 5.41) is 8.56. The number of aromatic nitrogens is 3. The molecule has 172 valence electrons. The number of hydrogen-bond acceptors (Lipinski definition) is 6. The summed E-state index contributed by atoms with van der Waals surface area (Å²) in [4.78, 5) is 5.84. The molecule has 9 heteroatoms. The van der Waals surface area contributed by atoms with Crippen molar-refractivity contribution in [1.82, 2.24) is 15.2 Å². The minimum atomic E-state index is -4.54. The molecule has 0 amide bonds. The first kappa shape index (κ1) is 21.6. The number of nitrogens with two attached hydrogens (primary N) is 1. The van der Waals surface area contributed by atoms with E-state index in [0.717, 1.165) is 63.9 Å². The van der Waals surface area contributed by atoms with Crippen molar-refractivity contribution in [3.8, 4) is 11.3 Å². The Bertz CT molecular complexity index is 932. The van der Waals surface area contributed by atoms with Crippen molar-refractivity contribution >= 4 is 5.82 Å². The van der Waals surface area contributed by atoms with E-state index in [4.69, 9.17) is 10.5 Å². The van der Waals surface area contributed by atoms with E-state index in [1.807, 2.05) is 0 Å². The quantitative estimate of drug-likeness (QED) is 0.766. The number of fused-ring (bicyclic) bond motifs is 1. The lowest BCUT2D eigenvalue weighted by Crippen LogP contribution is -2.37. The molecule has 3 aliphatic rings. The van der Waals surface area contributed by atoms with Gasteiger partial charge >= 0.3 is 6.18 Å². The van der Waals surface area contributed by atoms with Crippen LogP contribution < -0.4 is 10.6 Å². The summed E-state index contributed by atoms with van der Waals surface area (Å²) in [5.41, 5.74) is 5.46. The molecular formula is C23H28F3N5O. The van der Waals surface area contributed by atoms with Crippen LogP contribution in [0.15, 0.2) is 30.5 Å². The molecule has 4 atom stereocenters. The molecular weight excluding hydrogens is 419 g/mol. The highest BCUT2D eigenvalue weighted by Crippen LogP contribution is 2.46. The Balaban J connectivity index is 1.40. The largest absolute Gasteiger partial charge is 0.434 e. The molecule has 4 heterocycles. The van der Waals surface area contributed by atoms with Gasteiger partial charge in [0.05, 0.1) is 5.69 Å². The second kappa shape index (κ2) is 8.59. The van der Waals surface area contributed by atoms with Crippen LogP contribution in [0.2, 0.25) is 0 Å². The van der Waals surface area contributed by atoms with Crippen LogP contribution in [0.4, 0.5) is 19.0 Å². The SMILES string of the molecule is N[C@H]1C[C@@H]2CN(c3ccc(-c4cccnc4C(F)(F)F)nn3)[C@@H](CC3CCOCC3)[C@H]2C1. The first-order valence-corrected chi connectivity index (χ1v) is 11.4. The number of ether oxygens (including phenoxy) is 1. The molecule has 0 spiro atoms. The Morgan fingerprint density at radius 1 is 1.09 bits per heavy atom. The van der Waals surface area contributed by atoms with Gasteiger partial charge in [-0.15, -0.1) is 10.2 Å². The number of rotatable bonds is 4. The molecule has 0 unspecified atom stereocenters. The zero-order chi connectivity index (χ0) is 22.3. The van der Waals surface area contributed by atoms with E-state index in [1.165, 1.54) is 12.1 Å². The van der Waals surface area contributed by atoms with E-state index in [9.17, 15) is 13.2 Å². The third kappa shape index (κ3) is 4.20. The predicted octanol–water partition coefficient (Wildman–Crippen LogP) is 3.92. The monoisotopic (exact) mass is 447 g/mol. The van der Waals surface area contributed by atoms with E-state index < -0.39 is 11.9 Å². The van der Waals surface area contributed by atoms with Crippen LogP contribution in [-0.4, -0.2) is 47.0 Å². The first-order chi connectivity index (χ1) is 15.4. The molecule has 2 saturated heterocycles. The minimum absolute atomic E-state index is 0.0536. The third-order valence-corrected chi connectivity index (χ3v) is 7.32. The van der Waals surface area contributed by atoms with Crippen molar-refractivity contribution in [3.63, 3.8) is 0 Å². The molecule has 2 N–H and O–H groups in total. The molecule has 32 heavy (non-hydrogen) atoms. The van der Waals surface area contributed by atoms with Crippen LogP contribution in [0.3, 0.4) is 0 Å². The van der Waals surface area contributed by atoms with Gasteiger partial charge in [0, 0.05) is 43.6 Å². The van der Waals surface area contributed by atoms with E-state index in [1.54, 1.807) is 12.1 Å². The average Bonchev–Trinajstić information content (AvgIpc) is 3.31. The third-order valence-electron chi connectivity index (χ3n) is 7.32. The second-order valence-electron chi connectivity index (χ2n) is 9.34. The molecule has 6 nitrogen and oxygen atoms in total. The summed E-state index contributed by atoms with van der Waals surface area (Å²) < 4.78 is 45.6. The molecule has 1 saturated carbocycles.